The molecule has 43 heavy (non-hydrogen) atoms. The van der Waals surface area contributed by atoms with Crippen molar-refractivity contribution < 1.29 is 0 Å². The number of nitrogens with two attached hydrogens (primary N) is 1. The van der Waals surface area contributed by atoms with Crippen LogP contribution >= 0.6 is 23.5 Å². The van der Waals surface area contributed by atoms with Crippen LogP contribution < -0.4 is 5.73 Å². The van der Waals surface area contributed by atoms with Crippen molar-refractivity contribution in [3.8, 4) is 22.8 Å². The summed E-state index contributed by atoms with van der Waals surface area (Å²) in [5.41, 5.74) is 10.5. The lowest BCUT2D eigenvalue weighted by molar-refractivity contribution is 0.331. The van der Waals surface area contributed by atoms with E-state index >= 15 is 0 Å². The average molecular weight is 606 g/mol. The van der Waals surface area contributed by atoms with E-state index in [0.717, 1.165) is 28.7 Å². The Morgan fingerprint density at radius 2 is 1.21 bits per heavy atom. The van der Waals surface area contributed by atoms with Crippen molar-refractivity contribution in [3.63, 3.8) is 0 Å². The molecule has 220 valence electrons. The quantitative estimate of drug-likeness (QED) is 0.169. The van der Waals surface area contributed by atoms with Crippen LogP contribution in [-0.4, -0.2) is 39.5 Å². The van der Waals surface area contributed by atoms with Crippen LogP contribution in [0.1, 0.15) is 36.7 Å². The van der Waals surface area contributed by atoms with Crippen molar-refractivity contribution in [1.82, 2.24) is 19.9 Å². The fraction of sp³-hybridized carbons (Fsp3) is 0.250. The zero-order valence-corrected chi connectivity index (χ0v) is 26.5. The van der Waals surface area contributed by atoms with Gasteiger partial charge in [0.25, 0.3) is 0 Å². The molecular formula is C36H39N5S2. The molecule has 1 fully saturated rings. The Labute approximate surface area is 264 Å². The molecule has 0 saturated carbocycles. The van der Waals surface area contributed by atoms with Gasteiger partial charge in [-0.3, -0.25) is 0 Å². The fourth-order valence-corrected chi connectivity index (χ4v) is 6.60. The zero-order chi connectivity index (χ0) is 29.9. The van der Waals surface area contributed by atoms with Gasteiger partial charge in [0, 0.05) is 38.5 Å². The summed E-state index contributed by atoms with van der Waals surface area (Å²) in [6.07, 6.45) is 2.80. The third-order valence-electron chi connectivity index (χ3n) is 7.43. The molecule has 1 aliphatic rings. The summed E-state index contributed by atoms with van der Waals surface area (Å²) in [4.78, 5) is 18.9. The Kier molecular flexibility index (Phi) is 11.4. The van der Waals surface area contributed by atoms with Crippen molar-refractivity contribution in [2.24, 2.45) is 5.73 Å². The minimum atomic E-state index is 0.257. The molecule has 0 unspecified atom stereocenters. The molecule has 0 bridgehead atoms. The molecule has 0 amide bonds. The molecular weight excluding hydrogens is 567 g/mol. The number of rotatable bonds is 9. The smallest absolute Gasteiger partial charge is 0.163 e. The van der Waals surface area contributed by atoms with Gasteiger partial charge in [-0.15, -0.1) is 23.5 Å². The second kappa shape index (κ2) is 15.8. The molecule has 1 aromatic heterocycles. The normalized spacial score (nSPS) is 14.7. The van der Waals surface area contributed by atoms with E-state index in [1.54, 1.807) is 23.5 Å². The van der Waals surface area contributed by atoms with Gasteiger partial charge in [0.1, 0.15) is 5.82 Å². The SMILES string of the molecule is C[C@@H]1CCCN1C.NCc1nc(-c2cccc(SCc3ccccc3)c2)nc(-c2cccc(SCc3ccccc3)c2)n1. The van der Waals surface area contributed by atoms with E-state index in [1.165, 1.54) is 40.3 Å². The van der Waals surface area contributed by atoms with Crippen LogP contribution in [0.3, 0.4) is 0 Å². The van der Waals surface area contributed by atoms with Crippen LogP contribution in [0.25, 0.3) is 22.8 Å². The van der Waals surface area contributed by atoms with E-state index in [1.807, 2.05) is 24.3 Å². The molecule has 0 radical (unpaired) electrons. The Balaban J connectivity index is 0.000000463. The number of nitrogens with zero attached hydrogens (tertiary/aromatic N) is 4. The Morgan fingerprint density at radius 1 is 0.698 bits per heavy atom. The van der Waals surface area contributed by atoms with E-state index < -0.39 is 0 Å². The maximum Gasteiger partial charge on any atom is 0.163 e. The van der Waals surface area contributed by atoms with Crippen molar-refractivity contribution in [2.45, 2.75) is 53.6 Å². The molecule has 6 rings (SSSR count). The summed E-state index contributed by atoms with van der Waals surface area (Å²) in [6.45, 7) is 3.85. The lowest BCUT2D eigenvalue weighted by Gasteiger charge is -2.12. The van der Waals surface area contributed by atoms with Gasteiger partial charge < -0.3 is 10.6 Å². The van der Waals surface area contributed by atoms with Crippen LogP contribution in [0.2, 0.25) is 0 Å². The highest BCUT2D eigenvalue weighted by molar-refractivity contribution is 7.98. The molecule has 0 spiro atoms. The highest BCUT2D eigenvalue weighted by Crippen LogP contribution is 2.29. The van der Waals surface area contributed by atoms with Crippen LogP contribution in [0.15, 0.2) is 119 Å². The first kappa shape index (κ1) is 31.0. The summed E-state index contributed by atoms with van der Waals surface area (Å²) in [5, 5.41) is 0. The van der Waals surface area contributed by atoms with Crippen LogP contribution in [-0.2, 0) is 18.1 Å². The molecule has 0 aliphatic carbocycles. The van der Waals surface area contributed by atoms with E-state index in [2.05, 4.69) is 114 Å². The molecule has 4 aromatic carbocycles. The number of hydrogen-bond acceptors (Lipinski definition) is 7. The molecule has 1 aliphatic heterocycles. The van der Waals surface area contributed by atoms with Crippen molar-refractivity contribution in [1.29, 1.82) is 0 Å². The Hall–Kier alpha value is -3.49. The molecule has 1 saturated heterocycles. The number of likely N-dealkylation sites (tertiary alicyclic amines) is 1. The van der Waals surface area contributed by atoms with Gasteiger partial charge in [-0.1, -0.05) is 84.9 Å². The molecule has 2 heterocycles. The minimum Gasteiger partial charge on any atom is -0.324 e. The van der Waals surface area contributed by atoms with E-state index in [9.17, 15) is 0 Å². The molecule has 5 aromatic rings. The second-order valence-electron chi connectivity index (χ2n) is 10.7. The molecule has 2 N–H and O–H groups in total. The lowest BCUT2D eigenvalue weighted by atomic mass is 10.2. The Morgan fingerprint density at radius 3 is 1.60 bits per heavy atom. The molecule has 7 heteroatoms. The maximum atomic E-state index is 5.97. The summed E-state index contributed by atoms with van der Waals surface area (Å²) in [7, 11) is 2.19. The summed E-state index contributed by atoms with van der Waals surface area (Å²) < 4.78 is 0. The van der Waals surface area contributed by atoms with E-state index in [0.29, 0.717) is 17.5 Å². The van der Waals surface area contributed by atoms with Crippen molar-refractivity contribution in [3.05, 3.63) is 126 Å². The molecule has 1 atom stereocenters. The summed E-state index contributed by atoms with van der Waals surface area (Å²) in [6, 6.07) is 38.5. The van der Waals surface area contributed by atoms with Gasteiger partial charge in [0.15, 0.2) is 11.6 Å². The monoisotopic (exact) mass is 605 g/mol. The Bertz CT molecular complexity index is 1470. The third kappa shape index (κ3) is 9.25. The van der Waals surface area contributed by atoms with Crippen LogP contribution in [0, 0.1) is 0 Å². The highest BCUT2D eigenvalue weighted by Gasteiger charge is 2.14. The predicted octanol–water partition coefficient (Wildman–Crippen LogP) is 8.35. The predicted molar refractivity (Wildman–Crippen MR) is 182 cm³/mol. The third-order valence-corrected chi connectivity index (χ3v) is 9.56. The number of benzene rings is 4. The number of hydrogen-bond donors (Lipinski definition) is 1. The van der Waals surface area contributed by atoms with Crippen molar-refractivity contribution >= 4 is 23.5 Å². The summed E-state index contributed by atoms with van der Waals surface area (Å²) in [5.74, 6) is 3.69. The minimum absolute atomic E-state index is 0.257. The first-order chi connectivity index (χ1) is 21.1. The highest BCUT2D eigenvalue weighted by atomic mass is 32.2. The lowest BCUT2D eigenvalue weighted by Crippen LogP contribution is -2.20. The topological polar surface area (TPSA) is 67.9 Å². The number of thioether (sulfide) groups is 2. The zero-order valence-electron chi connectivity index (χ0n) is 24.9. The van der Waals surface area contributed by atoms with Gasteiger partial charge >= 0.3 is 0 Å². The van der Waals surface area contributed by atoms with Gasteiger partial charge in [0.05, 0.1) is 6.54 Å². The maximum absolute atomic E-state index is 5.97. The first-order valence-electron chi connectivity index (χ1n) is 14.8. The number of aromatic nitrogens is 3. The standard InChI is InChI=1S/C30H26N4S2.C6H13N/c31-19-28-32-29(24-13-7-15-26(17-24)35-20-22-9-3-1-4-10-22)34-30(33-28)25-14-8-16-27(18-25)36-21-23-11-5-2-6-12-23;1-6-4-3-5-7(6)2/h1-18H,19-21,31H2;6H,3-5H2,1-2H3/t;6-/m.1/s1. The van der Waals surface area contributed by atoms with Crippen LogP contribution in [0.5, 0.6) is 0 Å². The van der Waals surface area contributed by atoms with Gasteiger partial charge in [-0.2, -0.15) is 0 Å². The average Bonchev–Trinajstić information content (AvgIpc) is 3.45. The van der Waals surface area contributed by atoms with E-state index in [4.69, 9.17) is 10.7 Å². The fourth-order valence-electron chi connectivity index (χ4n) is 4.78. The summed E-state index contributed by atoms with van der Waals surface area (Å²) >= 11 is 3.60. The van der Waals surface area contributed by atoms with Gasteiger partial charge in [-0.05, 0) is 68.8 Å². The van der Waals surface area contributed by atoms with Gasteiger partial charge in [-0.25, -0.2) is 15.0 Å². The second-order valence-corrected chi connectivity index (χ2v) is 12.8. The first-order valence-corrected chi connectivity index (χ1v) is 16.7. The van der Waals surface area contributed by atoms with Crippen LogP contribution in [0.4, 0.5) is 0 Å². The van der Waals surface area contributed by atoms with E-state index in [-0.39, 0.29) is 6.54 Å². The largest absolute Gasteiger partial charge is 0.324 e. The van der Waals surface area contributed by atoms with Crippen molar-refractivity contribution in [2.75, 3.05) is 13.6 Å². The molecule has 5 nitrogen and oxygen atoms in total. The van der Waals surface area contributed by atoms with Gasteiger partial charge in [0.2, 0.25) is 0 Å².